The number of para-hydroxylation sites is 1. The molecule has 2 aromatic carbocycles. The van der Waals surface area contributed by atoms with Crippen LogP contribution in [0.4, 0.5) is 10.1 Å². The molecule has 0 N–H and O–H groups in total. The number of nitrogens with zero attached hydrogens (tertiary/aromatic N) is 3. The van der Waals surface area contributed by atoms with Crippen LogP contribution in [0.15, 0.2) is 51.8 Å². The number of sulfonamides is 1. The number of hydrogen-bond acceptors (Lipinski definition) is 5. The van der Waals surface area contributed by atoms with E-state index < -0.39 is 26.5 Å². The fourth-order valence-corrected chi connectivity index (χ4v) is 5.03. The minimum atomic E-state index is -4.07. The van der Waals surface area contributed by atoms with Gasteiger partial charge in [-0.15, -0.1) is 0 Å². The van der Waals surface area contributed by atoms with E-state index in [0.29, 0.717) is 4.47 Å². The summed E-state index contributed by atoms with van der Waals surface area (Å²) in [5, 5.41) is 11.1. The molecule has 1 fully saturated rings. The minimum Gasteiger partial charge on any atom is -0.336 e. The minimum absolute atomic E-state index is 0.00106. The molecule has 0 spiro atoms. The second-order valence-corrected chi connectivity index (χ2v) is 8.81. The van der Waals surface area contributed by atoms with E-state index in [9.17, 15) is 27.7 Å². The lowest BCUT2D eigenvalue weighted by Crippen LogP contribution is -2.50. The quantitative estimate of drug-likeness (QED) is 0.503. The van der Waals surface area contributed by atoms with Crippen LogP contribution in [-0.2, 0) is 10.0 Å². The molecule has 1 heterocycles. The van der Waals surface area contributed by atoms with Crippen LogP contribution >= 0.6 is 15.9 Å². The number of nitro groups is 1. The van der Waals surface area contributed by atoms with Crippen LogP contribution in [0, 0.1) is 15.9 Å². The van der Waals surface area contributed by atoms with E-state index in [1.165, 1.54) is 41.3 Å². The van der Waals surface area contributed by atoms with Crippen molar-refractivity contribution in [2.24, 2.45) is 0 Å². The third kappa shape index (κ3) is 3.91. The third-order valence-electron chi connectivity index (χ3n) is 4.37. The van der Waals surface area contributed by atoms with Crippen molar-refractivity contribution in [2.75, 3.05) is 26.2 Å². The van der Waals surface area contributed by atoms with Crippen molar-refractivity contribution in [1.82, 2.24) is 9.21 Å². The Bertz CT molecular complexity index is 1040. The van der Waals surface area contributed by atoms with Gasteiger partial charge in [-0.3, -0.25) is 14.9 Å². The fraction of sp³-hybridized carbons (Fsp3) is 0.235. The van der Waals surface area contributed by atoms with E-state index in [4.69, 9.17) is 0 Å². The molecule has 8 nitrogen and oxygen atoms in total. The molecule has 1 aliphatic rings. The molecule has 0 radical (unpaired) electrons. The summed E-state index contributed by atoms with van der Waals surface area (Å²) in [5.74, 6) is -0.835. The Balaban J connectivity index is 1.76. The molecule has 0 unspecified atom stereocenters. The third-order valence-corrected chi connectivity index (χ3v) is 6.97. The van der Waals surface area contributed by atoms with Crippen molar-refractivity contribution < 1.29 is 22.5 Å². The van der Waals surface area contributed by atoms with Gasteiger partial charge in [0.15, 0.2) is 4.90 Å². The average molecular weight is 472 g/mol. The number of hydrogen-bond donors (Lipinski definition) is 0. The first-order valence-corrected chi connectivity index (χ1v) is 10.4. The number of halogens is 2. The molecule has 3 rings (SSSR count). The van der Waals surface area contributed by atoms with Crippen molar-refractivity contribution in [3.05, 3.63) is 68.4 Å². The zero-order chi connectivity index (χ0) is 20.5. The van der Waals surface area contributed by atoms with Gasteiger partial charge in [-0.25, -0.2) is 12.8 Å². The smallest absolute Gasteiger partial charge is 0.289 e. The molecule has 0 aromatic heterocycles. The maximum Gasteiger partial charge on any atom is 0.289 e. The summed E-state index contributed by atoms with van der Waals surface area (Å²) < 4.78 is 40.3. The number of carbonyl (C=O) groups excluding carboxylic acids is 1. The molecule has 2 aromatic rings. The van der Waals surface area contributed by atoms with Crippen molar-refractivity contribution in [2.45, 2.75) is 4.90 Å². The lowest BCUT2D eigenvalue weighted by Gasteiger charge is -2.34. The van der Waals surface area contributed by atoms with Gasteiger partial charge >= 0.3 is 0 Å². The van der Waals surface area contributed by atoms with Crippen molar-refractivity contribution in [3.8, 4) is 0 Å². The van der Waals surface area contributed by atoms with Gasteiger partial charge in [-0.2, -0.15) is 4.31 Å². The van der Waals surface area contributed by atoms with Crippen LogP contribution < -0.4 is 0 Å². The van der Waals surface area contributed by atoms with Gasteiger partial charge in [0.1, 0.15) is 5.82 Å². The van der Waals surface area contributed by atoms with Crippen molar-refractivity contribution in [1.29, 1.82) is 0 Å². The summed E-state index contributed by atoms with van der Waals surface area (Å²) >= 11 is 3.15. The molecular weight excluding hydrogens is 457 g/mol. The van der Waals surface area contributed by atoms with Crippen LogP contribution in [0.5, 0.6) is 0 Å². The molecule has 28 heavy (non-hydrogen) atoms. The Morgan fingerprint density at radius 1 is 1.11 bits per heavy atom. The SMILES string of the molecule is O=C(c1ccc(F)cc1Br)N1CCN(S(=O)(=O)c2ccccc2[N+](=O)[O-])CC1. The number of piperazine rings is 1. The second kappa shape index (κ2) is 7.94. The fourth-order valence-electron chi connectivity index (χ4n) is 2.93. The Morgan fingerprint density at radius 3 is 2.36 bits per heavy atom. The van der Waals surface area contributed by atoms with Gasteiger partial charge in [-0.1, -0.05) is 12.1 Å². The Morgan fingerprint density at radius 2 is 1.75 bits per heavy atom. The van der Waals surface area contributed by atoms with Gasteiger partial charge in [0.2, 0.25) is 10.0 Å². The molecule has 0 atom stereocenters. The van der Waals surface area contributed by atoms with Gasteiger partial charge in [0.05, 0.1) is 10.5 Å². The van der Waals surface area contributed by atoms with Crippen LogP contribution in [-0.4, -0.2) is 54.6 Å². The van der Waals surface area contributed by atoms with Crippen molar-refractivity contribution in [3.63, 3.8) is 0 Å². The number of benzene rings is 2. The highest BCUT2D eigenvalue weighted by atomic mass is 79.9. The molecule has 11 heteroatoms. The molecule has 148 valence electrons. The molecule has 1 aliphatic heterocycles. The first-order valence-electron chi connectivity index (χ1n) is 8.19. The summed E-state index contributed by atoms with van der Waals surface area (Å²) in [6, 6.07) is 8.87. The van der Waals surface area contributed by atoms with E-state index >= 15 is 0 Å². The first-order chi connectivity index (χ1) is 13.2. The second-order valence-electron chi connectivity index (χ2n) is 6.05. The van der Waals surface area contributed by atoms with E-state index in [-0.39, 0.29) is 42.5 Å². The van der Waals surface area contributed by atoms with Crippen LogP contribution in [0.2, 0.25) is 0 Å². The zero-order valence-corrected chi connectivity index (χ0v) is 16.8. The van der Waals surface area contributed by atoms with E-state index in [1.807, 2.05) is 0 Å². The molecule has 0 bridgehead atoms. The predicted molar refractivity (Wildman–Crippen MR) is 102 cm³/mol. The molecule has 1 amide bonds. The monoisotopic (exact) mass is 471 g/mol. The molecular formula is C17H15BrFN3O5S. The highest BCUT2D eigenvalue weighted by Crippen LogP contribution is 2.27. The van der Waals surface area contributed by atoms with Crippen molar-refractivity contribution >= 4 is 37.5 Å². The topological polar surface area (TPSA) is 101 Å². The maximum absolute atomic E-state index is 13.2. The highest BCUT2D eigenvalue weighted by Gasteiger charge is 2.34. The highest BCUT2D eigenvalue weighted by molar-refractivity contribution is 9.10. The maximum atomic E-state index is 13.2. The van der Waals surface area contributed by atoms with Crippen LogP contribution in [0.25, 0.3) is 0 Å². The van der Waals surface area contributed by atoms with Gasteiger partial charge in [-0.05, 0) is 40.2 Å². The molecule has 0 aliphatic carbocycles. The summed E-state index contributed by atoms with van der Waals surface area (Å²) in [6.45, 7) is 0.225. The Hall–Kier alpha value is -2.37. The van der Waals surface area contributed by atoms with Crippen LogP contribution in [0.1, 0.15) is 10.4 Å². The van der Waals surface area contributed by atoms with E-state index in [2.05, 4.69) is 15.9 Å². The lowest BCUT2D eigenvalue weighted by molar-refractivity contribution is -0.387. The summed E-state index contributed by atoms with van der Waals surface area (Å²) in [6.07, 6.45) is 0. The van der Waals surface area contributed by atoms with Gasteiger partial charge in [0, 0.05) is 36.7 Å². The van der Waals surface area contributed by atoms with E-state index in [1.54, 1.807) is 0 Å². The zero-order valence-electron chi connectivity index (χ0n) is 14.4. The van der Waals surface area contributed by atoms with Gasteiger partial charge in [0.25, 0.3) is 11.6 Å². The summed E-state index contributed by atoms with van der Waals surface area (Å²) in [5.41, 5.74) is -0.215. The summed E-state index contributed by atoms with van der Waals surface area (Å²) in [4.78, 5) is 24.1. The number of amides is 1. The summed E-state index contributed by atoms with van der Waals surface area (Å²) in [7, 11) is -4.07. The Labute approximate surface area is 168 Å². The first kappa shape index (κ1) is 20.4. The predicted octanol–water partition coefficient (Wildman–Crippen LogP) is 2.64. The standard InChI is InChI=1S/C17H15BrFN3O5S/c18-14-11-12(19)5-6-13(14)17(23)20-7-9-21(10-8-20)28(26,27)16-4-2-1-3-15(16)22(24)25/h1-6,11H,7-10H2. The molecule has 1 saturated heterocycles. The van der Waals surface area contributed by atoms with Gasteiger partial charge < -0.3 is 4.90 Å². The number of nitro benzene ring substituents is 1. The average Bonchev–Trinajstić information content (AvgIpc) is 2.67. The number of rotatable bonds is 4. The van der Waals surface area contributed by atoms with Crippen LogP contribution in [0.3, 0.4) is 0 Å². The number of carbonyl (C=O) groups is 1. The Kier molecular flexibility index (Phi) is 5.77. The van der Waals surface area contributed by atoms with E-state index in [0.717, 1.165) is 10.4 Å². The normalized spacial score (nSPS) is 15.4. The largest absolute Gasteiger partial charge is 0.336 e. The molecule has 0 saturated carbocycles. The lowest BCUT2D eigenvalue weighted by atomic mass is 10.2.